The molecular formula is C14H24O3. The summed E-state index contributed by atoms with van der Waals surface area (Å²) in [6.07, 6.45) is 2.68. The highest BCUT2D eigenvalue weighted by Gasteiger charge is 2.51. The molecule has 0 aromatic rings. The van der Waals surface area contributed by atoms with Crippen molar-refractivity contribution in [3.63, 3.8) is 0 Å². The van der Waals surface area contributed by atoms with Crippen molar-refractivity contribution in [2.45, 2.75) is 77.3 Å². The lowest BCUT2D eigenvalue weighted by molar-refractivity contribution is -0.139. The molecule has 17 heavy (non-hydrogen) atoms. The lowest BCUT2D eigenvalue weighted by Crippen LogP contribution is -2.39. The third kappa shape index (κ3) is 2.55. The smallest absolute Gasteiger partial charge is 0.167 e. The van der Waals surface area contributed by atoms with E-state index in [2.05, 4.69) is 13.8 Å². The molecular weight excluding hydrogens is 216 g/mol. The molecule has 0 amide bonds. The summed E-state index contributed by atoms with van der Waals surface area (Å²) in [5, 5.41) is 0. The van der Waals surface area contributed by atoms with Gasteiger partial charge in [0.15, 0.2) is 5.78 Å². The molecule has 3 heteroatoms. The largest absolute Gasteiger partial charge is 0.369 e. The van der Waals surface area contributed by atoms with E-state index in [0.29, 0.717) is 0 Å². The Hall–Kier alpha value is -0.410. The van der Waals surface area contributed by atoms with Crippen molar-refractivity contribution >= 4 is 5.78 Å². The number of carbonyl (C=O) groups is 1. The van der Waals surface area contributed by atoms with Crippen molar-refractivity contribution in [3.05, 3.63) is 0 Å². The van der Waals surface area contributed by atoms with Crippen molar-refractivity contribution in [1.82, 2.24) is 0 Å². The molecule has 2 heterocycles. The van der Waals surface area contributed by atoms with E-state index in [4.69, 9.17) is 9.47 Å². The van der Waals surface area contributed by atoms with Crippen LogP contribution in [0, 0.1) is 5.92 Å². The van der Waals surface area contributed by atoms with Gasteiger partial charge >= 0.3 is 0 Å². The SMILES string of the molecule is CC1CCC(C(=O)C2CC(C)(C)OC2(C)C)O1. The van der Waals surface area contributed by atoms with Crippen molar-refractivity contribution in [1.29, 1.82) is 0 Å². The van der Waals surface area contributed by atoms with Gasteiger partial charge in [0.2, 0.25) is 0 Å². The predicted molar refractivity (Wildman–Crippen MR) is 65.9 cm³/mol. The van der Waals surface area contributed by atoms with Gasteiger partial charge in [-0.2, -0.15) is 0 Å². The van der Waals surface area contributed by atoms with Crippen LogP contribution in [0.25, 0.3) is 0 Å². The summed E-state index contributed by atoms with van der Waals surface area (Å²) >= 11 is 0. The molecule has 0 aromatic carbocycles. The predicted octanol–water partition coefficient (Wildman–Crippen LogP) is 2.72. The number of ketones is 1. The number of Topliss-reactive ketones (excluding diaryl/α,β-unsaturated/α-hetero) is 1. The normalized spacial score (nSPS) is 39.5. The molecule has 2 aliphatic heterocycles. The van der Waals surface area contributed by atoms with Crippen LogP contribution in [0.15, 0.2) is 0 Å². The Bertz CT molecular complexity index is 319. The molecule has 0 spiro atoms. The highest BCUT2D eigenvalue weighted by Crippen LogP contribution is 2.43. The zero-order valence-electron chi connectivity index (χ0n) is 11.6. The van der Waals surface area contributed by atoms with E-state index < -0.39 is 0 Å². The minimum Gasteiger partial charge on any atom is -0.369 e. The molecule has 0 N–H and O–H groups in total. The zero-order valence-corrected chi connectivity index (χ0v) is 11.6. The van der Waals surface area contributed by atoms with Gasteiger partial charge in [-0.15, -0.1) is 0 Å². The van der Waals surface area contributed by atoms with E-state index in [9.17, 15) is 4.79 Å². The van der Waals surface area contributed by atoms with E-state index in [1.54, 1.807) is 0 Å². The van der Waals surface area contributed by atoms with Crippen molar-refractivity contribution in [3.8, 4) is 0 Å². The average molecular weight is 240 g/mol. The molecule has 0 aliphatic carbocycles. The summed E-state index contributed by atoms with van der Waals surface area (Å²) in [6.45, 7) is 10.2. The van der Waals surface area contributed by atoms with Gasteiger partial charge < -0.3 is 9.47 Å². The van der Waals surface area contributed by atoms with Crippen LogP contribution in [0.5, 0.6) is 0 Å². The molecule has 0 bridgehead atoms. The van der Waals surface area contributed by atoms with E-state index in [0.717, 1.165) is 19.3 Å². The Morgan fingerprint density at radius 2 is 1.82 bits per heavy atom. The summed E-state index contributed by atoms with van der Waals surface area (Å²) in [4.78, 5) is 12.5. The molecule has 2 fully saturated rings. The van der Waals surface area contributed by atoms with Gasteiger partial charge in [-0.3, -0.25) is 4.79 Å². The molecule has 3 nitrogen and oxygen atoms in total. The maximum absolute atomic E-state index is 12.5. The summed E-state index contributed by atoms with van der Waals surface area (Å²) in [5.41, 5.74) is -0.566. The lowest BCUT2D eigenvalue weighted by atomic mass is 9.82. The van der Waals surface area contributed by atoms with Gasteiger partial charge in [-0.25, -0.2) is 0 Å². The topological polar surface area (TPSA) is 35.5 Å². The van der Waals surface area contributed by atoms with E-state index in [1.807, 2.05) is 20.8 Å². The molecule has 98 valence electrons. The van der Waals surface area contributed by atoms with E-state index >= 15 is 0 Å². The molecule has 3 atom stereocenters. The minimum absolute atomic E-state index is 0.0344. The summed E-state index contributed by atoms with van der Waals surface area (Å²) in [5.74, 6) is 0.206. The van der Waals surface area contributed by atoms with Gasteiger partial charge in [0.25, 0.3) is 0 Å². The van der Waals surface area contributed by atoms with Gasteiger partial charge in [0, 0.05) is 0 Å². The first-order valence-electron chi connectivity index (χ1n) is 6.61. The maximum atomic E-state index is 12.5. The highest BCUT2D eigenvalue weighted by molar-refractivity contribution is 5.87. The van der Waals surface area contributed by atoms with Crippen LogP contribution in [-0.2, 0) is 14.3 Å². The lowest BCUT2D eigenvalue weighted by Gasteiger charge is -2.27. The molecule has 0 radical (unpaired) electrons. The first kappa shape index (κ1) is 13.0. The Morgan fingerprint density at radius 3 is 2.24 bits per heavy atom. The van der Waals surface area contributed by atoms with Crippen LogP contribution >= 0.6 is 0 Å². The van der Waals surface area contributed by atoms with E-state index in [-0.39, 0.29) is 35.1 Å². The first-order chi connectivity index (χ1) is 7.71. The van der Waals surface area contributed by atoms with Gasteiger partial charge in [0.05, 0.1) is 23.2 Å². The van der Waals surface area contributed by atoms with Crippen LogP contribution in [-0.4, -0.2) is 29.2 Å². The summed E-state index contributed by atoms with van der Waals surface area (Å²) in [7, 11) is 0. The van der Waals surface area contributed by atoms with Gasteiger partial charge in [-0.05, 0) is 53.9 Å². The fraction of sp³-hybridized carbons (Fsp3) is 0.929. The quantitative estimate of drug-likeness (QED) is 0.744. The number of rotatable bonds is 2. The Balaban J connectivity index is 2.09. The molecule has 2 rings (SSSR count). The molecule has 0 saturated carbocycles. The second-order valence-electron chi connectivity index (χ2n) is 6.64. The Labute approximate surface area is 104 Å². The maximum Gasteiger partial charge on any atom is 0.167 e. The fourth-order valence-electron chi connectivity index (χ4n) is 3.24. The van der Waals surface area contributed by atoms with Crippen LogP contribution in [0.4, 0.5) is 0 Å². The van der Waals surface area contributed by atoms with Crippen LogP contribution in [0.3, 0.4) is 0 Å². The second-order valence-corrected chi connectivity index (χ2v) is 6.64. The molecule has 3 unspecified atom stereocenters. The Kier molecular flexibility index (Phi) is 3.11. The second kappa shape index (κ2) is 4.06. The molecule has 2 saturated heterocycles. The van der Waals surface area contributed by atoms with Crippen molar-refractivity contribution < 1.29 is 14.3 Å². The average Bonchev–Trinajstić information content (AvgIpc) is 2.66. The van der Waals surface area contributed by atoms with E-state index in [1.165, 1.54) is 0 Å². The minimum atomic E-state index is -0.365. The van der Waals surface area contributed by atoms with Crippen molar-refractivity contribution in [2.75, 3.05) is 0 Å². The third-order valence-electron chi connectivity index (χ3n) is 3.97. The fourth-order valence-corrected chi connectivity index (χ4v) is 3.24. The zero-order chi connectivity index (χ0) is 12.8. The summed E-state index contributed by atoms with van der Waals surface area (Å²) < 4.78 is 11.7. The number of hydrogen-bond acceptors (Lipinski definition) is 3. The highest BCUT2D eigenvalue weighted by atomic mass is 16.5. The number of hydrogen-bond donors (Lipinski definition) is 0. The first-order valence-corrected chi connectivity index (χ1v) is 6.61. The Morgan fingerprint density at radius 1 is 1.18 bits per heavy atom. The van der Waals surface area contributed by atoms with Crippen molar-refractivity contribution in [2.24, 2.45) is 5.92 Å². The van der Waals surface area contributed by atoms with Crippen LogP contribution in [0.2, 0.25) is 0 Å². The van der Waals surface area contributed by atoms with Crippen LogP contribution < -0.4 is 0 Å². The van der Waals surface area contributed by atoms with Gasteiger partial charge in [-0.1, -0.05) is 0 Å². The number of ether oxygens (including phenoxy) is 2. The van der Waals surface area contributed by atoms with Gasteiger partial charge in [0.1, 0.15) is 6.10 Å². The number of carbonyl (C=O) groups excluding carboxylic acids is 1. The van der Waals surface area contributed by atoms with Crippen LogP contribution in [0.1, 0.15) is 53.9 Å². The standard InChI is InChI=1S/C14H24O3/c1-9-6-7-11(16-9)12(15)10-8-13(2,3)17-14(10,4)5/h9-11H,6-8H2,1-5H3. The molecule has 2 aliphatic rings. The monoisotopic (exact) mass is 240 g/mol. The third-order valence-corrected chi connectivity index (χ3v) is 3.97. The summed E-state index contributed by atoms with van der Waals surface area (Å²) in [6, 6.07) is 0. The molecule has 0 aromatic heterocycles.